The second-order valence-corrected chi connectivity index (χ2v) is 10.3. The van der Waals surface area contributed by atoms with E-state index >= 15 is 0 Å². The molecule has 0 aliphatic heterocycles. The summed E-state index contributed by atoms with van der Waals surface area (Å²) >= 11 is 0. The molecule has 11 nitrogen and oxygen atoms in total. The van der Waals surface area contributed by atoms with E-state index in [1.54, 1.807) is 24.3 Å². The highest BCUT2D eigenvalue weighted by molar-refractivity contribution is 6.24. The maximum atomic E-state index is 13.7. The minimum atomic E-state index is -2.75. The summed E-state index contributed by atoms with van der Waals surface area (Å²) in [7, 11) is 3.01. The maximum Gasteiger partial charge on any atom is 0.255 e. The summed E-state index contributed by atoms with van der Waals surface area (Å²) in [5.41, 5.74) is -0.548. The quantitative estimate of drug-likeness (QED) is 0.271. The van der Waals surface area contributed by atoms with Crippen molar-refractivity contribution in [3.8, 4) is 11.5 Å². The molecule has 5 atom stereocenters. The molecule has 1 fully saturated rings. The number of nitrogens with two attached hydrogens (primary N) is 1. The van der Waals surface area contributed by atoms with Crippen LogP contribution >= 0.6 is 0 Å². The van der Waals surface area contributed by atoms with E-state index in [1.165, 1.54) is 44.1 Å². The van der Waals surface area contributed by atoms with Crippen molar-refractivity contribution in [1.29, 1.82) is 0 Å². The highest BCUT2D eigenvalue weighted by atomic mass is 16.3. The largest absolute Gasteiger partial charge is 0.508 e. The summed E-state index contributed by atoms with van der Waals surface area (Å²) < 4.78 is 0. The smallest absolute Gasteiger partial charge is 0.255 e. The van der Waals surface area contributed by atoms with Crippen molar-refractivity contribution in [3.63, 3.8) is 0 Å². The van der Waals surface area contributed by atoms with Gasteiger partial charge in [-0.2, -0.15) is 0 Å². The molecule has 11 heteroatoms. The summed E-state index contributed by atoms with van der Waals surface area (Å²) in [5.74, 6) is -7.58. The Labute approximate surface area is 223 Å². The Morgan fingerprint density at radius 3 is 2.10 bits per heavy atom. The first-order chi connectivity index (χ1) is 18.2. The van der Waals surface area contributed by atoms with Crippen LogP contribution in [0.25, 0.3) is 5.76 Å². The molecule has 0 aromatic heterocycles. The van der Waals surface area contributed by atoms with Gasteiger partial charge >= 0.3 is 0 Å². The molecule has 2 aromatic carbocycles. The van der Waals surface area contributed by atoms with Crippen molar-refractivity contribution in [3.05, 3.63) is 76.6 Å². The Bertz CT molecular complexity index is 1430. The second-order valence-electron chi connectivity index (χ2n) is 10.3. The zero-order valence-corrected chi connectivity index (χ0v) is 21.5. The number of phenolic OH excluding ortho intramolecular Hbond substituents is 2. The van der Waals surface area contributed by atoms with Crippen LogP contribution in [0, 0.1) is 11.8 Å². The number of fused-ring (bicyclic) bond motifs is 3. The zero-order chi connectivity index (χ0) is 29.0. The lowest BCUT2D eigenvalue weighted by molar-refractivity contribution is -0.159. The Hall–Kier alpha value is -4.19. The number of para-hydroxylation sites is 1. The van der Waals surface area contributed by atoms with Crippen molar-refractivity contribution in [1.82, 2.24) is 4.90 Å². The fourth-order valence-corrected chi connectivity index (χ4v) is 5.93. The molecule has 0 heterocycles. The predicted octanol–water partition coefficient (Wildman–Crippen LogP) is 1.02. The number of aromatic hydroxyl groups is 2. The fraction of sp³-hybridized carbons (Fsp3) is 0.321. The van der Waals surface area contributed by atoms with Gasteiger partial charge in [-0.25, -0.2) is 0 Å². The number of hydrogen-bond acceptors (Lipinski definition) is 10. The van der Waals surface area contributed by atoms with Crippen molar-refractivity contribution >= 4 is 23.2 Å². The molecule has 3 aliphatic carbocycles. The number of benzene rings is 2. The number of amides is 1. The standard InChI is InChI=1S/C22H24N2O8.C6H6O/c1-21(31)8-5-4-6-11(25)12(8)16(26)13-9(21)7-10-15(24(2)3)17(27)14(20(23)30)19(29)22(10,32)18(13)28;7-6-4-2-1-3-5-6/h4-6,9-10,15,25-26,29,31-32H,7H2,1-3H3,(H2,23,30);1-5,7H/t9-,10-,15-,21+,22-;/m0./s1. The lowest BCUT2D eigenvalue weighted by atomic mass is 9.54. The van der Waals surface area contributed by atoms with Gasteiger partial charge in [0.05, 0.1) is 17.2 Å². The summed E-state index contributed by atoms with van der Waals surface area (Å²) in [6, 6.07) is 11.7. The number of carbonyl (C=O) groups excluding carboxylic acids is 3. The van der Waals surface area contributed by atoms with E-state index in [0.717, 1.165) is 0 Å². The number of Topliss-reactive ketones (excluding diaryl/α,β-unsaturated/α-hetero) is 2. The van der Waals surface area contributed by atoms with Crippen LogP contribution in [0.3, 0.4) is 0 Å². The number of ketones is 2. The third-order valence-electron chi connectivity index (χ3n) is 7.78. The number of primary amides is 1. The first kappa shape index (κ1) is 27.8. The number of likely N-dealkylation sites (N-methyl/N-ethyl adjacent to an activating group) is 1. The molecule has 2 aromatic rings. The number of carbonyl (C=O) groups is 3. The van der Waals surface area contributed by atoms with Crippen LogP contribution in [0.1, 0.15) is 24.5 Å². The van der Waals surface area contributed by atoms with Gasteiger partial charge in [-0.05, 0) is 51.2 Å². The van der Waals surface area contributed by atoms with Crippen LogP contribution in [-0.4, -0.2) is 78.8 Å². The number of aliphatic hydroxyl groups excluding tert-OH is 2. The molecular formula is C28H30N2O9. The van der Waals surface area contributed by atoms with E-state index in [1.807, 2.05) is 6.07 Å². The number of rotatable bonds is 2. The molecule has 39 heavy (non-hydrogen) atoms. The SMILES string of the molecule is CN(C)[C@@H]1C(=O)C(C(N)=O)=C(O)[C@@]2(O)C(=O)C3=C(O)c4c(O)cccc4[C@@](C)(O)[C@H]3C[C@@H]12.Oc1ccccc1. The summed E-state index contributed by atoms with van der Waals surface area (Å²) in [6.45, 7) is 1.40. The van der Waals surface area contributed by atoms with Crippen molar-refractivity contribution in [2.24, 2.45) is 17.6 Å². The minimum absolute atomic E-state index is 0.170. The number of hydrogen-bond donors (Lipinski definition) is 7. The van der Waals surface area contributed by atoms with Crippen molar-refractivity contribution in [2.75, 3.05) is 14.1 Å². The van der Waals surface area contributed by atoms with Crippen LogP contribution in [0.5, 0.6) is 11.5 Å². The molecule has 1 saturated carbocycles. The van der Waals surface area contributed by atoms with Gasteiger partial charge in [-0.3, -0.25) is 19.3 Å². The van der Waals surface area contributed by atoms with Gasteiger partial charge in [0.25, 0.3) is 5.91 Å². The first-order valence-corrected chi connectivity index (χ1v) is 12.1. The molecule has 0 unspecified atom stereocenters. The van der Waals surface area contributed by atoms with E-state index < -0.39 is 75.0 Å². The highest BCUT2D eigenvalue weighted by Crippen LogP contribution is 2.57. The van der Waals surface area contributed by atoms with Crippen LogP contribution in [0.15, 0.2) is 65.4 Å². The Balaban J connectivity index is 0.000000438. The van der Waals surface area contributed by atoms with E-state index in [-0.39, 0.29) is 17.5 Å². The lowest BCUT2D eigenvalue weighted by Gasteiger charge is -2.53. The fourth-order valence-electron chi connectivity index (χ4n) is 5.93. The molecular weight excluding hydrogens is 508 g/mol. The first-order valence-electron chi connectivity index (χ1n) is 12.1. The van der Waals surface area contributed by atoms with Crippen LogP contribution in [0.2, 0.25) is 0 Å². The average molecular weight is 539 g/mol. The number of aliphatic hydroxyl groups is 4. The zero-order valence-electron chi connectivity index (χ0n) is 21.5. The molecule has 8 N–H and O–H groups in total. The monoisotopic (exact) mass is 538 g/mol. The molecule has 0 spiro atoms. The molecule has 5 rings (SSSR count). The molecule has 206 valence electrons. The topological polar surface area (TPSA) is 202 Å². The van der Waals surface area contributed by atoms with E-state index in [4.69, 9.17) is 10.8 Å². The lowest BCUT2D eigenvalue weighted by Crippen LogP contribution is -2.67. The number of phenols is 2. The van der Waals surface area contributed by atoms with E-state index in [0.29, 0.717) is 5.75 Å². The van der Waals surface area contributed by atoms with Gasteiger partial charge in [0, 0.05) is 17.4 Å². The molecule has 0 saturated heterocycles. The van der Waals surface area contributed by atoms with E-state index in [2.05, 4.69) is 0 Å². The molecule has 1 amide bonds. The third kappa shape index (κ3) is 4.06. The Kier molecular flexibility index (Phi) is 6.80. The molecule has 0 bridgehead atoms. The third-order valence-corrected chi connectivity index (χ3v) is 7.78. The molecule has 3 aliphatic rings. The van der Waals surface area contributed by atoms with E-state index in [9.17, 15) is 39.9 Å². The minimum Gasteiger partial charge on any atom is -0.508 e. The summed E-state index contributed by atoms with van der Waals surface area (Å²) in [5, 5.41) is 63.5. The Morgan fingerprint density at radius 1 is 0.974 bits per heavy atom. The van der Waals surface area contributed by atoms with Crippen LogP contribution in [-0.2, 0) is 20.0 Å². The van der Waals surface area contributed by atoms with Crippen LogP contribution < -0.4 is 5.73 Å². The van der Waals surface area contributed by atoms with Gasteiger partial charge in [0.2, 0.25) is 5.78 Å². The highest BCUT2D eigenvalue weighted by Gasteiger charge is 2.66. The average Bonchev–Trinajstić information content (AvgIpc) is 2.85. The molecule has 0 radical (unpaired) electrons. The summed E-state index contributed by atoms with van der Waals surface area (Å²) in [4.78, 5) is 40.0. The Morgan fingerprint density at radius 2 is 1.59 bits per heavy atom. The van der Waals surface area contributed by atoms with Crippen molar-refractivity contribution < 1.29 is 45.0 Å². The van der Waals surface area contributed by atoms with Gasteiger partial charge in [-0.15, -0.1) is 0 Å². The number of nitrogens with zero attached hydrogens (tertiary/aromatic N) is 1. The predicted molar refractivity (Wildman–Crippen MR) is 138 cm³/mol. The van der Waals surface area contributed by atoms with Gasteiger partial charge < -0.3 is 36.4 Å². The van der Waals surface area contributed by atoms with Gasteiger partial charge in [0.1, 0.15) is 28.6 Å². The summed E-state index contributed by atoms with van der Waals surface area (Å²) in [6.07, 6.45) is -0.200. The van der Waals surface area contributed by atoms with Gasteiger partial charge in [0.15, 0.2) is 11.4 Å². The van der Waals surface area contributed by atoms with Crippen LogP contribution in [0.4, 0.5) is 0 Å². The second kappa shape index (κ2) is 9.53. The maximum absolute atomic E-state index is 13.7. The van der Waals surface area contributed by atoms with Crippen molar-refractivity contribution in [2.45, 2.75) is 30.6 Å². The normalized spacial score (nSPS) is 29.7. The van der Waals surface area contributed by atoms with Gasteiger partial charge in [-0.1, -0.05) is 30.3 Å².